The van der Waals surface area contributed by atoms with Gasteiger partial charge >= 0.3 is 11.8 Å². The highest BCUT2D eigenvalue weighted by atomic mass is 16.6. The molecule has 13 nitrogen and oxygen atoms in total. The summed E-state index contributed by atoms with van der Waals surface area (Å²) in [6.07, 6.45) is 4.73. The van der Waals surface area contributed by atoms with Crippen LogP contribution in [0.1, 0.15) is 64.7 Å². The minimum absolute atomic E-state index is 0.182. The molecule has 0 aliphatic carbocycles. The Bertz CT molecular complexity index is 1740. The molecule has 242 valence electrons. The number of benzene rings is 1. The van der Waals surface area contributed by atoms with Gasteiger partial charge in [0.05, 0.1) is 12.2 Å². The molecule has 1 fully saturated rings. The van der Waals surface area contributed by atoms with Crippen LogP contribution in [0.15, 0.2) is 46.0 Å². The topological polar surface area (TPSA) is 150 Å². The van der Waals surface area contributed by atoms with E-state index in [0.29, 0.717) is 31.3 Å². The first kappa shape index (κ1) is 33.2. The Morgan fingerprint density at radius 1 is 1.13 bits per heavy atom. The van der Waals surface area contributed by atoms with Gasteiger partial charge < -0.3 is 24.8 Å². The number of fused-ring (bicyclic) bond motifs is 1. The third-order valence-electron chi connectivity index (χ3n) is 7.47. The molecular formula is C32H43N7O6. The number of ketones is 1. The van der Waals surface area contributed by atoms with Gasteiger partial charge in [0.2, 0.25) is 11.9 Å². The highest BCUT2D eigenvalue weighted by molar-refractivity contribution is 6.05. The molecule has 1 saturated heterocycles. The van der Waals surface area contributed by atoms with Crippen LogP contribution in [0.3, 0.4) is 0 Å². The fourth-order valence-electron chi connectivity index (χ4n) is 5.22. The van der Waals surface area contributed by atoms with Crippen LogP contribution in [0.5, 0.6) is 0 Å². The van der Waals surface area contributed by atoms with E-state index in [1.54, 1.807) is 63.5 Å². The molecule has 2 amide bonds. The summed E-state index contributed by atoms with van der Waals surface area (Å²) in [5, 5.41) is 5.69. The number of allylic oxidation sites excluding steroid dienone is 2. The van der Waals surface area contributed by atoms with E-state index < -0.39 is 35.3 Å². The fourth-order valence-corrected chi connectivity index (χ4v) is 5.22. The third kappa shape index (κ3) is 7.52. The number of piperidine rings is 1. The summed E-state index contributed by atoms with van der Waals surface area (Å²) in [4.78, 5) is 72.6. The fraction of sp³-hybridized carbons (Fsp3) is 0.500. The van der Waals surface area contributed by atoms with E-state index in [9.17, 15) is 24.0 Å². The van der Waals surface area contributed by atoms with Crippen molar-refractivity contribution in [3.8, 4) is 0 Å². The Morgan fingerprint density at radius 2 is 1.84 bits per heavy atom. The van der Waals surface area contributed by atoms with Crippen LogP contribution >= 0.6 is 0 Å². The zero-order valence-corrected chi connectivity index (χ0v) is 27.0. The summed E-state index contributed by atoms with van der Waals surface area (Å²) < 4.78 is 9.36. The third-order valence-corrected chi connectivity index (χ3v) is 7.47. The van der Waals surface area contributed by atoms with Crippen LogP contribution in [0, 0.1) is 5.92 Å². The van der Waals surface area contributed by atoms with Crippen LogP contribution in [0.25, 0.3) is 11.2 Å². The van der Waals surface area contributed by atoms with E-state index in [2.05, 4.69) is 10.6 Å². The second-order valence-corrected chi connectivity index (χ2v) is 12.5. The van der Waals surface area contributed by atoms with Gasteiger partial charge in [-0.3, -0.25) is 23.5 Å². The standard InChI is InChI=1S/C32H43N7O6/c1-8-9-17-38-25-26(35-29(38)37-16-12-13-21(18-37)33-30(43)45-32(4,5)6)36(7)31(44)39(28(25)42)19-24(40)22-14-10-11-15-23(22)34-27(41)20(2)3/h8-11,14-15,20-21H,12-13,16-19H2,1-7H3,(H,33,43)(H,34,41)/b9-8+. The van der Waals surface area contributed by atoms with E-state index in [-0.39, 0.29) is 34.6 Å². The predicted octanol–water partition coefficient (Wildman–Crippen LogP) is 3.44. The molecule has 13 heteroatoms. The van der Waals surface area contributed by atoms with Crippen LogP contribution in [0.4, 0.5) is 16.4 Å². The number of aromatic nitrogens is 4. The van der Waals surface area contributed by atoms with Gasteiger partial charge in [-0.05, 0) is 52.7 Å². The number of Topliss-reactive ketones (excluding diaryl/α,β-unsaturated/α-hetero) is 1. The number of anilines is 2. The molecule has 3 aromatic rings. The zero-order chi connectivity index (χ0) is 33.1. The van der Waals surface area contributed by atoms with Gasteiger partial charge in [0.25, 0.3) is 5.56 Å². The minimum Gasteiger partial charge on any atom is -0.444 e. The van der Waals surface area contributed by atoms with Crippen molar-refractivity contribution >= 4 is 40.6 Å². The normalized spacial score (nSPS) is 15.6. The molecule has 0 spiro atoms. The first-order chi connectivity index (χ1) is 21.2. The summed E-state index contributed by atoms with van der Waals surface area (Å²) in [6, 6.07) is 6.31. The van der Waals surface area contributed by atoms with Gasteiger partial charge in [-0.1, -0.05) is 38.1 Å². The first-order valence-electron chi connectivity index (χ1n) is 15.2. The molecule has 2 aromatic heterocycles. The van der Waals surface area contributed by atoms with Crippen molar-refractivity contribution in [2.24, 2.45) is 13.0 Å². The van der Waals surface area contributed by atoms with Crippen molar-refractivity contribution in [1.82, 2.24) is 24.0 Å². The maximum atomic E-state index is 14.0. The van der Waals surface area contributed by atoms with Gasteiger partial charge in [-0.25, -0.2) is 9.59 Å². The SMILES string of the molecule is C/C=C/Cn1c(N2CCCC(NC(=O)OC(C)(C)C)C2)nc2c1c(=O)n(CC(=O)c1ccccc1NC(=O)C(C)C)c(=O)n2C. The Kier molecular flexibility index (Phi) is 9.99. The highest BCUT2D eigenvalue weighted by Gasteiger charge is 2.29. The summed E-state index contributed by atoms with van der Waals surface area (Å²) in [6.45, 7) is 11.6. The van der Waals surface area contributed by atoms with Gasteiger partial charge in [0.15, 0.2) is 16.9 Å². The lowest BCUT2D eigenvalue weighted by Gasteiger charge is -2.34. The Labute approximate surface area is 261 Å². The van der Waals surface area contributed by atoms with E-state index in [0.717, 1.165) is 17.4 Å². The molecule has 0 saturated carbocycles. The lowest BCUT2D eigenvalue weighted by atomic mass is 10.1. The average molecular weight is 622 g/mol. The molecule has 1 aromatic carbocycles. The number of nitrogens with zero attached hydrogens (tertiary/aromatic N) is 5. The van der Waals surface area contributed by atoms with Crippen LogP contribution in [0.2, 0.25) is 0 Å². The number of imidazole rings is 1. The maximum absolute atomic E-state index is 14.0. The van der Waals surface area contributed by atoms with E-state index in [1.165, 1.54) is 11.6 Å². The van der Waals surface area contributed by atoms with Crippen LogP contribution in [-0.2, 0) is 29.7 Å². The molecule has 1 atom stereocenters. The quantitative estimate of drug-likeness (QED) is 0.273. The number of carbonyl (C=O) groups excluding carboxylic acids is 3. The number of ether oxygens (including phenoxy) is 1. The van der Waals surface area contributed by atoms with E-state index >= 15 is 0 Å². The van der Waals surface area contributed by atoms with Crippen molar-refractivity contribution in [2.75, 3.05) is 23.3 Å². The van der Waals surface area contributed by atoms with Crippen LogP contribution < -0.4 is 26.8 Å². The number of nitrogens with one attached hydrogen (secondary N) is 2. The van der Waals surface area contributed by atoms with Crippen molar-refractivity contribution in [3.63, 3.8) is 0 Å². The molecule has 2 N–H and O–H groups in total. The molecule has 45 heavy (non-hydrogen) atoms. The first-order valence-corrected chi connectivity index (χ1v) is 15.2. The Hall–Kier alpha value is -4.68. The molecule has 1 unspecified atom stereocenters. The van der Waals surface area contributed by atoms with Crippen molar-refractivity contribution in [2.45, 2.75) is 79.1 Å². The summed E-state index contributed by atoms with van der Waals surface area (Å²) >= 11 is 0. The number of alkyl carbamates (subject to hydrolysis) is 1. The Morgan fingerprint density at radius 3 is 2.51 bits per heavy atom. The number of hydrogen-bond donors (Lipinski definition) is 2. The smallest absolute Gasteiger partial charge is 0.407 e. The second-order valence-electron chi connectivity index (χ2n) is 12.5. The molecular weight excluding hydrogens is 578 g/mol. The predicted molar refractivity (Wildman–Crippen MR) is 173 cm³/mol. The van der Waals surface area contributed by atoms with Crippen LogP contribution in [-0.4, -0.2) is 61.2 Å². The number of hydrogen-bond acceptors (Lipinski definition) is 8. The molecule has 1 aliphatic rings. The second kappa shape index (κ2) is 13.5. The van der Waals surface area contributed by atoms with Gasteiger partial charge in [0, 0.05) is 44.2 Å². The average Bonchev–Trinajstić information content (AvgIpc) is 3.36. The highest BCUT2D eigenvalue weighted by Crippen LogP contribution is 2.24. The van der Waals surface area contributed by atoms with Crippen molar-refractivity contribution in [3.05, 3.63) is 62.8 Å². The molecule has 1 aliphatic heterocycles. The molecule has 0 bridgehead atoms. The summed E-state index contributed by atoms with van der Waals surface area (Å²) in [5.74, 6) is -0.580. The molecule has 0 radical (unpaired) electrons. The summed E-state index contributed by atoms with van der Waals surface area (Å²) in [7, 11) is 1.52. The summed E-state index contributed by atoms with van der Waals surface area (Å²) in [5.41, 5.74) is -1.08. The van der Waals surface area contributed by atoms with Gasteiger partial charge in [0.1, 0.15) is 5.60 Å². The molecule has 4 rings (SSSR count). The van der Waals surface area contributed by atoms with Gasteiger partial charge in [-0.15, -0.1) is 0 Å². The zero-order valence-electron chi connectivity index (χ0n) is 27.0. The van der Waals surface area contributed by atoms with Crippen molar-refractivity contribution in [1.29, 1.82) is 0 Å². The number of aryl methyl sites for hydroxylation is 1. The van der Waals surface area contributed by atoms with E-state index in [4.69, 9.17) is 9.72 Å². The number of amides is 2. The minimum atomic E-state index is -0.685. The number of rotatable bonds is 9. The monoisotopic (exact) mass is 621 g/mol. The van der Waals surface area contributed by atoms with Crippen molar-refractivity contribution < 1.29 is 19.1 Å². The maximum Gasteiger partial charge on any atom is 0.407 e. The number of carbonyl (C=O) groups is 3. The number of para-hydroxylation sites is 1. The van der Waals surface area contributed by atoms with E-state index in [1.807, 2.05) is 24.0 Å². The lowest BCUT2D eigenvalue weighted by molar-refractivity contribution is -0.118. The lowest BCUT2D eigenvalue weighted by Crippen LogP contribution is -2.49. The Balaban J connectivity index is 1.73. The molecule has 3 heterocycles. The van der Waals surface area contributed by atoms with Gasteiger partial charge in [-0.2, -0.15) is 4.98 Å². The largest absolute Gasteiger partial charge is 0.444 e.